The molecule has 0 aromatic heterocycles. The highest BCUT2D eigenvalue weighted by Crippen LogP contribution is 2.34. The van der Waals surface area contributed by atoms with Crippen molar-refractivity contribution in [2.24, 2.45) is 5.73 Å². The molecule has 1 aromatic rings. The molecule has 3 N–H and O–H groups in total. The number of hydrogen-bond acceptors (Lipinski definition) is 4. The molecule has 1 heterocycles. The summed E-state index contributed by atoms with van der Waals surface area (Å²) in [5.41, 5.74) is 5.98. The third-order valence-corrected chi connectivity index (χ3v) is 3.05. The van der Waals surface area contributed by atoms with Gasteiger partial charge in [0.25, 0.3) is 5.91 Å². The summed E-state index contributed by atoms with van der Waals surface area (Å²) in [5.74, 6) is -0.918. The molecular formula is C11H11BrN2O4. The number of carboxylic acids is 1. The minimum Gasteiger partial charge on any atom is -0.482 e. The number of carboxylic acid groups (broad SMARTS) is 1. The maximum atomic E-state index is 11.8. The van der Waals surface area contributed by atoms with Crippen LogP contribution >= 0.6 is 15.9 Å². The third-order valence-electron chi connectivity index (χ3n) is 2.56. The number of aliphatic carboxylic acids is 1. The Balaban J connectivity index is 2.32. The summed E-state index contributed by atoms with van der Waals surface area (Å²) in [4.78, 5) is 23.9. The zero-order valence-corrected chi connectivity index (χ0v) is 10.9. The van der Waals surface area contributed by atoms with Gasteiger partial charge in [0.05, 0.1) is 12.2 Å². The van der Waals surface area contributed by atoms with Gasteiger partial charge in [0.1, 0.15) is 11.8 Å². The summed E-state index contributed by atoms with van der Waals surface area (Å²) in [6.45, 7) is -0.193. The number of anilines is 1. The van der Waals surface area contributed by atoms with Crippen LogP contribution in [0.15, 0.2) is 22.7 Å². The number of carbonyl (C=O) groups excluding carboxylic acids is 1. The predicted octanol–water partition coefficient (Wildman–Crippen LogP) is 0.586. The van der Waals surface area contributed by atoms with Gasteiger partial charge in [0, 0.05) is 4.47 Å². The summed E-state index contributed by atoms with van der Waals surface area (Å²) < 4.78 is 6.03. The van der Waals surface area contributed by atoms with Gasteiger partial charge in [-0.1, -0.05) is 15.9 Å². The Hall–Kier alpha value is -1.60. The lowest BCUT2D eigenvalue weighted by Gasteiger charge is -2.30. The van der Waals surface area contributed by atoms with E-state index in [0.29, 0.717) is 11.4 Å². The van der Waals surface area contributed by atoms with Crippen molar-refractivity contribution in [1.29, 1.82) is 0 Å². The molecule has 6 nitrogen and oxygen atoms in total. The molecule has 0 bridgehead atoms. The summed E-state index contributed by atoms with van der Waals surface area (Å²) >= 11 is 3.29. The van der Waals surface area contributed by atoms with Crippen LogP contribution in [-0.4, -0.2) is 36.2 Å². The molecule has 1 unspecified atom stereocenters. The van der Waals surface area contributed by atoms with Crippen molar-refractivity contribution >= 4 is 33.5 Å². The van der Waals surface area contributed by atoms with E-state index in [1.807, 2.05) is 0 Å². The molecule has 1 aliphatic heterocycles. The molecule has 18 heavy (non-hydrogen) atoms. The number of ether oxygens (including phenoxy) is 1. The van der Waals surface area contributed by atoms with Crippen LogP contribution in [0.5, 0.6) is 5.75 Å². The molecule has 0 saturated carbocycles. The van der Waals surface area contributed by atoms with E-state index in [-0.39, 0.29) is 19.1 Å². The fraction of sp³-hybridized carbons (Fsp3) is 0.273. The van der Waals surface area contributed by atoms with E-state index in [1.54, 1.807) is 18.2 Å². The van der Waals surface area contributed by atoms with Crippen molar-refractivity contribution in [3.8, 4) is 5.75 Å². The van der Waals surface area contributed by atoms with E-state index in [4.69, 9.17) is 15.6 Å². The highest BCUT2D eigenvalue weighted by molar-refractivity contribution is 9.10. The van der Waals surface area contributed by atoms with Gasteiger partial charge in [-0.2, -0.15) is 0 Å². The number of nitrogens with two attached hydrogens (primary N) is 1. The van der Waals surface area contributed by atoms with Crippen molar-refractivity contribution in [3.63, 3.8) is 0 Å². The van der Waals surface area contributed by atoms with Gasteiger partial charge >= 0.3 is 5.97 Å². The largest absolute Gasteiger partial charge is 0.482 e. The number of halogens is 1. The summed E-state index contributed by atoms with van der Waals surface area (Å²) in [6, 6.07) is 4.06. The average molecular weight is 315 g/mol. The lowest BCUT2D eigenvalue weighted by Crippen LogP contribution is -2.48. The molecule has 2 rings (SSSR count). The first kappa shape index (κ1) is 12.8. The van der Waals surface area contributed by atoms with Gasteiger partial charge in [0.2, 0.25) is 0 Å². The van der Waals surface area contributed by atoms with E-state index in [2.05, 4.69) is 15.9 Å². The van der Waals surface area contributed by atoms with E-state index >= 15 is 0 Å². The van der Waals surface area contributed by atoms with Crippen molar-refractivity contribution in [2.45, 2.75) is 6.04 Å². The van der Waals surface area contributed by atoms with Crippen LogP contribution in [0.1, 0.15) is 0 Å². The lowest BCUT2D eigenvalue weighted by molar-refractivity contribution is -0.138. The minimum absolute atomic E-state index is 0.0824. The van der Waals surface area contributed by atoms with Gasteiger partial charge in [-0.25, -0.2) is 0 Å². The summed E-state index contributed by atoms with van der Waals surface area (Å²) in [5, 5.41) is 8.80. The number of hydrogen-bond donors (Lipinski definition) is 2. The molecule has 0 aliphatic carbocycles. The Morgan fingerprint density at radius 1 is 1.61 bits per heavy atom. The van der Waals surface area contributed by atoms with Crippen molar-refractivity contribution in [1.82, 2.24) is 0 Å². The molecule has 1 aliphatic rings. The second-order valence-electron chi connectivity index (χ2n) is 3.85. The second kappa shape index (κ2) is 4.95. The van der Waals surface area contributed by atoms with Crippen LogP contribution < -0.4 is 15.4 Å². The molecular weight excluding hydrogens is 304 g/mol. The Kier molecular flexibility index (Phi) is 3.53. The normalized spacial score (nSPS) is 15.9. The molecule has 96 valence electrons. The highest BCUT2D eigenvalue weighted by atomic mass is 79.9. The molecule has 0 fully saturated rings. The maximum absolute atomic E-state index is 11.8. The molecule has 0 radical (unpaired) electrons. The summed E-state index contributed by atoms with van der Waals surface area (Å²) in [7, 11) is 0. The number of carbonyl (C=O) groups is 2. The molecule has 1 amide bonds. The fourth-order valence-electron chi connectivity index (χ4n) is 1.65. The maximum Gasteiger partial charge on any atom is 0.322 e. The first-order chi connectivity index (χ1) is 8.49. The fourth-order valence-corrected chi connectivity index (χ4v) is 2.00. The molecule has 7 heteroatoms. The third kappa shape index (κ3) is 2.46. The topological polar surface area (TPSA) is 92.9 Å². The Bertz CT molecular complexity index is 506. The monoisotopic (exact) mass is 314 g/mol. The predicted molar refractivity (Wildman–Crippen MR) is 67.6 cm³/mol. The van der Waals surface area contributed by atoms with E-state index in [9.17, 15) is 9.59 Å². The van der Waals surface area contributed by atoms with Crippen molar-refractivity contribution in [2.75, 3.05) is 18.1 Å². The van der Waals surface area contributed by atoms with E-state index in [1.165, 1.54) is 4.90 Å². The zero-order valence-electron chi connectivity index (χ0n) is 9.30. The number of amides is 1. The quantitative estimate of drug-likeness (QED) is 0.851. The highest BCUT2D eigenvalue weighted by Gasteiger charge is 2.28. The lowest BCUT2D eigenvalue weighted by atomic mass is 10.2. The SMILES string of the molecule is NC(CN1C(=O)COc2ccc(Br)cc21)C(=O)O. The van der Waals surface area contributed by atoms with Gasteiger partial charge < -0.3 is 20.5 Å². The molecule has 1 aromatic carbocycles. The summed E-state index contributed by atoms with van der Waals surface area (Å²) in [6.07, 6.45) is 0. The average Bonchev–Trinajstić information content (AvgIpc) is 2.32. The van der Waals surface area contributed by atoms with Crippen LogP contribution in [0.4, 0.5) is 5.69 Å². The van der Waals surface area contributed by atoms with Gasteiger partial charge in [-0.3, -0.25) is 9.59 Å². The first-order valence-electron chi connectivity index (χ1n) is 5.20. The Morgan fingerprint density at radius 2 is 2.33 bits per heavy atom. The number of benzene rings is 1. The van der Waals surface area contributed by atoms with Crippen LogP contribution in [0.25, 0.3) is 0 Å². The molecule has 0 saturated heterocycles. The van der Waals surface area contributed by atoms with Crippen LogP contribution in [-0.2, 0) is 9.59 Å². The first-order valence-corrected chi connectivity index (χ1v) is 5.99. The van der Waals surface area contributed by atoms with Gasteiger partial charge in [-0.05, 0) is 18.2 Å². The van der Waals surface area contributed by atoms with Gasteiger partial charge in [-0.15, -0.1) is 0 Å². The van der Waals surface area contributed by atoms with Crippen molar-refractivity contribution in [3.05, 3.63) is 22.7 Å². The number of rotatable bonds is 3. The molecule has 1 atom stereocenters. The Morgan fingerprint density at radius 3 is 3.00 bits per heavy atom. The van der Waals surface area contributed by atoms with E-state index in [0.717, 1.165) is 4.47 Å². The minimum atomic E-state index is -1.15. The van der Waals surface area contributed by atoms with Crippen LogP contribution in [0.3, 0.4) is 0 Å². The van der Waals surface area contributed by atoms with Crippen LogP contribution in [0.2, 0.25) is 0 Å². The van der Waals surface area contributed by atoms with Crippen LogP contribution in [0, 0.1) is 0 Å². The van der Waals surface area contributed by atoms with E-state index < -0.39 is 12.0 Å². The van der Waals surface area contributed by atoms with Crippen molar-refractivity contribution < 1.29 is 19.4 Å². The molecule has 0 spiro atoms. The number of nitrogens with zero attached hydrogens (tertiary/aromatic N) is 1. The zero-order chi connectivity index (χ0) is 13.3. The number of fused-ring (bicyclic) bond motifs is 1. The van der Waals surface area contributed by atoms with Gasteiger partial charge in [0.15, 0.2) is 6.61 Å². The smallest absolute Gasteiger partial charge is 0.322 e. The second-order valence-corrected chi connectivity index (χ2v) is 4.77. The Labute approximate surface area is 111 Å². The standard InChI is InChI=1S/C11H11BrN2O4/c12-6-1-2-9-8(3-6)14(10(15)5-18-9)4-7(13)11(16)17/h1-3,7H,4-5,13H2,(H,16,17).